The number of hydrogen-bond acceptors (Lipinski definition) is 6. The summed E-state index contributed by atoms with van der Waals surface area (Å²) >= 11 is 0. The van der Waals surface area contributed by atoms with Crippen LogP contribution in [-0.2, 0) is 16.1 Å². The summed E-state index contributed by atoms with van der Waals surface area (Å²) in [5.74, 6) is 5.20. The molecule has 1 aliphatic rings. The first-order valence-corrected chi connectivity index (χ1v) is 11.7. The third kappa shape index (κ3) is 4.53. The van der Waals surface area contributed by atoms with E-state index in [1.165, 1.54) is 30.4 Å². The highest BCUT2D eigenvalue weighted by Crippen LogP contribution is 2.34. The van der Waals surface area contributed by atoms with E-state index in [0.29, 0.717) is 35.5 Å². The predicted molar refractivity (Wildman–Crippen MR) is 137 cm³/mol. The molecule has 10 nitrogen and oxygen atoms in total. The summed E-state index contributed by atoms with van der Waals surface area (Å²) in [6.07, 6.45) is 3.11. The fourth-order valence-corrected chi connectivity index (χ4v) is 4.64. The van der Waals surface area contributed by atoms with Crippen LogP contribution in [0.5, 0.6) is 0 Å². The molecule has 0 spiro atoms. The summed E-state index contributed by atoms with van der Waals surface area (Å²) < 4.78 is 23.6. The first-order valence-electron chi connectivity index (χ1n) is 11.7. The number of primary amides is 1. The number of halogens is 1. The van der Waals surface area contributed by atoms with Crippen LogP contribution in [0.4, 0.5) is 10.2 Å². The van der Waals surface area contributed by atoms with Crippen LogP contribution in [0.2, 0.25) is 0 Å². The number of hydrogen-bond donors (Lipinski definition) is 2. The normalized spacial score (nSPS) is 16.1. The minimum absolute atomic E-state index is 0.0772. The highest BCUT2D eigenvalue weighted by molar-refractivity contribution is 6.00. The van der Waals surface area contributed by atoms with Crippen LogP contribution in [0.3, 0.4) is 0 Å². The molecule has 2 aromatic heterocycles. The van der Waals surface area contributed by atoms with E-state index >= 15 is 0 Å². The van der Waals surface area contributed by atoms with Crippen molar-refractivity contribution in [2.45, 2.75) is 32.9 Å². The topological polar surface area (TPSA) is 120 Å². The predicted octanol–water partition coefficient (Wildman–Crippen LogP) is 2.69. The molecule has 1 aliphatic heterocycles. The molecule has 3 heterocycles. The lowest BCUT2D eigenvalue weighted by atomic mass is 10.1. The smallest absolute Gasteiger partial charge is 0.255 e. The van der Waals surface area contributed by atoms with Gasteiger partial charge in [-0.15, -0.1) is 0 Å². The molecule has 2 amide bonds. The summed E-state index contributed by atoms with van der Waals surface area (Å²) in [6.45, 7) is 8.31. The van der Waals surface area contributed by atoms with Gasteiger partial charge >= 0.3 is 0 Å². The standard InChI is InChI=1S/C26H28FN7O3/c1-6-23(35)33-13-17(11-18(33)14-37-5)34-26(29-4)24(25(28)36)20(31-34)9-8-16-10-21-22(12-19(16)27)32(7-2)15(3)30-21/h6,10,12,14,17,29H,1,7,11,13H2,2-5H3,(H2,28,36)/b18-14+/t17-/m0/s1. The summed E-state index contributed by atoms with van der Waals surface area (Å²) in [7, 11) is 3.12. The Morgan fingerprint density at radius 2 is 2.14 bits per heavy atom. The van der Waals surface area contributed by atoms with Gasteiger partial charge in [0.1, 0.15) is 29.3 Å². The number of aromatic nitrogens is 4. The average molecular weight is 506 g/mol. The fourth-order valence-electron chi connectivity index (χ4n) is 4.64. The van der Waals surface area contributed by atoms with E-state index in [9.17, 15) is 14.0 Å². The number of methoxy groups -OCH3 is 1. The average Bonchev–Trinajstić information content (AvgIpc) is 3.54. The van der Waals surface area contributed by atoms with Crippen LogP contribution in [0.1, 0.15) is 46.8 Å². The van der Waals surface area contributed by atoms with E-state index in [-0.39, 0.29) is 35.3 Å². The number of carbonyl (C=O) groups excluding carboxylic acids is 2. The van der Waals surface area contributed by atoms with Gasteiger partial charge in [0.2, 0.25) is 5.91 Å². The monoisotopic (exact) mass is 505 g/mol. The van der Waals surface area contributed by atoms with Gasteiger partial charge in [-0.2, -0.15) is 5.10 Å². The van der Waals surface area contributed by atoms with Crippen LogP contribution >= 0.6 is 0 Å². The van der Waals surface area contributed by atoms with Crippen LogP contribution in [0.25, 0.3) is 11.0 Å². The molecule has 3 N–H and O–H groups in total. The maximum atomic E-state index is 14.9. The van der Waals surface area contributed by atoms with Gasteiger partial charge in [-0.1, -0.05) is 12.5 Å². The summed E-state index contributed by atoms with van der Waals surface area (Å²) in [5.41, 5.74) is 7.93. The van der Waals surface area contributed by atoms with Crippen LogP contribution < -0.4 is 11.1 Å². The van der Waals surface area contributed by atoms with Gasteiger partial charge in [-0.05, 0) is 31.9 Å². The minimum Gasteiger partial charge on any atom is -0.503 e. The molecule has 0 radical (unpaired) electrons. The number of benzene rings is 1. The van der Waals surface area contributed by atoms with Crippen molar-refractivity contribution in [2.75, 3.05) is 26.0 Å². The maximum absolute atomic E-state index is 14.9. The van der Waals surface area contributed by atoms with Gasteiger partial charge in [-0.3, -0.25) is 9.59 Å². The molecule has 0 saturated carbocycles. The SMILES string of the molecule is C=CC(=O)N1C[C@@H](n2nc(C#Cc3cc4nc(C)n(CC)c4cc3F)c(C(N)=O)c2NC)C/C1=C\OC. The van der Waals surface area contributed by atoms with Crippen LogP contribution in [0, 0.1) is 24.6 Å². The number of allylic oxidation sites excluding steroid dienone is 1. The fraction of sp³-hybridized carbons (Fsp3) is 0.308. The third-order valence-electron chi connectivity index (χ3n) is 6.28. The van der Waals surface area contributed by atoms with Gasteiger partial charge in [0.15, 0.2) is 5.69 Å². The number of rotatable bonds is 6. The van der Waals surface area contributed by atoms with Gasteiger partial charge < -0.3 is 25.3 Å². The van der Waals surface area contributed by atoms with Gasteiger partial charge in [0, 0.05) is 32.6 Å². The van der Waals surface area contributed by atoms with Crippen molar-refractivity contribution in [1.82, 2.24) is 24.2 Å². The lowest BCUT2D eigenvalue weighted by Gasteiger charge is -2.16. The first kappa shape index (κ1) is 25.5. The van der Waals surface area contributed by atoms with E-state index < -0.39 is 11.7 Å². The molecule has 1 saturated heterocycles. The molecule has 3 aromatic rings. The van der Waals surface area contributed by atoms with Gasteiger partial charge in [-0.25, -0.2) is 14.1 Å². The Balaban J connectivity index is 1.78. The maximum Gasteiger partial charge on any atom is 0.255 e. The quantitative estimate of drug-likeness (QED) is 0.302. The van der Waals surface area contributed by atoms with Crippen molar-refractivity contribution in [3.05, 3.63) is 65.2 Å². The van der Waals surface area contributed by atoms with Crippen molar-refractivity contribution in [2.24, 2.45) is 5.73 Å². The Bertz CT molecular complexity index is 1510. The zero-order valence-corrected chi connectivity index (χ0v) is 21.1. The van der Waals surface area contributed by atoms with Gasteiger partial charge in [0.05, 0.1) is 35.4 Å². The van der Waals surface area contributed by atoms with E-state index in [2.05, 4.69) is 33.8 Å². The van der Waals surface area contributed by atoms with E-state index in [1.807, 2.05) is 18.4 Å². The Morgan fingerprint density at radius 1 is 1.38 bits per heavy atom. The number of fused-ring (bicyclic) bond motifs is 1. The molecular formula is C26H28FN7O3. The van der Waals surface area contributed by atoms with Crippen molar-refractivity contribution < 1.29 is 18.7 Å². The second-order valence-electron chi connectivity index (χ2n) is 8.46. The molecule has 11 heteroatoms. The molecular weight excluding hydrogens is 477 g/mol. The number of amides is 2. The Hall–Kier alpha value is -4.59. The number of nitrogens with two attached hydrogens (primary N) is 1. The zero-order chi connectivity index (χ0) is 26.9. The van der Waals surface area contributed by atoms with E-state index in [4.69, 9.17) is 10.5 Å². The van der Waals surface area contributed by atoms with Crippen molar-refractivity contribution in [1.29, 1.82) is 0 Å². The number of anilines is 1. The Labute approximate surface area is 213 Å². The zero-order valence-electron chi connectivity index (χ0n) is 21.1. The molecule has 1 aromatic carbocycles. The largest absolute Gasteiger partial charge is 0.503 e. The summed E-state index contributed by atoms with van der Waals surface area (Å²) in [4.78, 5) is 30.8. The van der Waals surface area contributed by atoms with Crippen LogP contribution in [0.15, 0.2) is 36.7 Å². The Kier molecular flexibility index (Phi) is 7.02. The van der Waals surface area contributed by atoms with Crippen molar-refractivity contribution in [3.8, 4) is 11.8 Å². The molecule has 0 aliphatic carbocycles. The highest BCUT2D eigenvalue weighted by atomic mass is 19.1. The first-order chi connectivity index (χ1) is 17.7. The number of likely N-dealkylation sites (tertiary alicyclic amines) is 1. The summed E-state index contributed by atoms with van der Waals surface area (Å²) in [5, 5.41) is 7.51. The molecule has 0 bridgehead atoms. The van der Waals surface area contributed by atoms with Crippen molar-refractivity contribution >= 4 is 28.7 Å². The van der Waals surface area contributed by atoms with Gasteiger partial charge in [0.25, 0.3) is 5.91 Å². The minimum atomic E-state index is -0.738. The number of carbonyl (C=O) groups is 2. The molecule has 192 valence electrons. The summed E-state index contributed by atoms with van der Waals surface area (Å²) in [6, 6.07) is 2.65. The second-order valence-corrected chi connectivity index (χ2v) is 8.46. The van der Waals surface area contributed by atoms with E-state index in [0.717, 1.165) is 5.82 Å². The number of ether oxygens (including phenoxy) is 1. The molecule has 4 rings (SSSR count). The molecule has 0 unspecified atom stereocenters. The number of nitrogens with zero attached hydrogens (tertiary/aromatic N) is 5. The molecule has 1 atom stereocenters. The number of nitrogens with one attached hydrogen (secondary N) is 1. The Morgan fingerprint density at radius 3 is 2.76 bits per heavy atom. The lowest BCUT2D eigenvalue weighted by Crippen LogP contribution is -2.27. The lowest BCUT2D eigenvalue weighted by molar-refractivity contribution is -0.123. The van der Waals surface area contributed by atoms with Crippen LogP contribution in [-0.4, -0.2) is 56.7 Å². The number of imidazole rings is 1. The van der Waals surface area contributed by atoms with Crippen molar-refractivity contribution in [3.63, 3.8) is 0 Å². The van der Waals surface area contributed by atoms with E-state index in [1.54, 1.807) is 17.8 Å². The molecule has 1 fully saturated rings. The highest BCUT2D eigenvalue weighted by Gasteiger charge is 2.35. The molecule has 37 heavy (non-hydrogen) atoms. The second kappa shape index (κ2) is 10.2. The number of aryl methyl sites for hydroxylation is 2. The third-order valence-corrected chi connectivity index (χ3v) is 6.28.